The summed E-state index contributed by atoms with van der Waals surface area (Å²) < 4.78 is 11.7. The van der Waals surface area contributed by atoms with Crippen molar-refractivity contribution in [3.8, 4) is 0 Å². The van der Waals surface area contributed by atoms with Gasteiger partial charge in [0.15, 0.2) is 11.5 Å². The molecule has 2 heterocycles. The molecule has 0 fully saturated rings. The summed E-state index contributed by atoms with van der Waals surface area (Å²) in [5.74, 6) is -0.999. The normalized spacial score (nSPS) is 10.5. The Labute approximate surface area is 158 Å². The second-order valence-electron chi connectivity index (χ2n) is 6.04. The van der Waals surface area contributed by atoms with Gasteiger partial charge in [0, 0.05) is 24.3 Å². The van der Waals surface area contributed by atoms with Crippen molar-refractivity contribution in [1.29, 1.82) is 0 Å². The molecule has 0 saturated carbocycles. The Hall–Kier alpha value is -3.09. The summed E-state index contributed by atoms with van der Waals surface area (Å²) in [6, 6.07) is 3.15. The Balaban J connectivity index is 2.38. The molecule has 0 aromatic carbocycles. The topological polar surface area (TPSA) is 81.8 Å². The van der Waals surface area contributed by atoms with E-state index in [4.69, 9.17) is 9.15 Å². The molecule has 0 unspecified atom stereocenters. The van der Waals surface area contributed by atoms with E-state index in [2.05, 4.69) is 6.58 Å². The molecule has 2 rings (SSSR count). The van der Waals surface area contributed by atoms with Gasteiger partial charge in [-0.1, -0.05) is 6.08 Å². The van der Waals surface area contributed by atoms with Gasteiger partial charge in [-0.3, -0.25) is 9.59 Å². The zero-order valence-electron chi connectivity index (χ0n) is 16.1. The lowest BCUT2D eigenvalue weighted by atomic mass is 10.0. The van der Waals surface area contributed by atoms with Crippen LogP contribution in [0.1, 0.15) is 49.6 Å². The van der Waals surface area contributed by atoms with Crippen LogP contribution in [0.3, 0.4) is 0 Å². The molecule has 0 N–H and O–H groups in total. The first-order valence-electron chi connectivity index (χ1n) is 8.62. The Bertz CT molecular complexity index is 862. The van der Waals surface area contributed by atoms with Gasteiger partial charge in [-0.2, -0.15) is 0 Å². The van der Waals surface area contributed by atoms with E-state index in [9.17, 15) is 14.4 Å². The average molecular weight is 372 g/mol. The number of esters is 1. The Morgan fingerprint density at radius 2 is 2.04 bits per heavy atom. The van der Waals surface area contributed by atoms with E-state index in [1.165, 1.54) is 18.3 Å². The number of methoxy groups -OCH3 is 1. The molecule has 0 bridgehead atoms. The smallest absolute Gasteiger partial charge is 0.354 e. The maximum Gasteiger partial charge on any atom is 0.354 e. The van der Waals surface area contributed by atoms with Gasteiger partial charge in [0.1, 0.15) is 5.69 Å². The van der Waals surface area contributed by atoms with Gasteiger partial charge in [-0.25, -0.2) is 4.79 Å². The number of ketones is 1. The summed E-state index contributed by atoms with van der Waals surface area (Å²) in [6.07, 6.45) is 2.95. The van der Waals surface area contributed by atoms with Gasteiger partial charge in [0.2, 0.25) is 0 Å². The molecule has 2 aromatic rings. The van der Waals surface area contributed by atoms with Crippen molar-refractivity contribution in [3.63, 3.8) is 0 Å². The Morgan fingerprint density at radius 3 is 2.56 bits per heavy atom. The highest BCUT2D eigenvalue weighted by molar-refractivity contribution is 6.05. The van der Waals surface area contributed by atoms with Crippen molar-refractivity contribution in [2.75, 3.05) is 20.2 Å². The van der Waals surface area contributed by atoms with E-state index < -0.39 is 11.9 Å². The van der Waals surface area contributed by atoms with Crippen LogP contribution in [0.5, 0.6) is 0 Å². The highest BCUT2D eigenvalue weighted by Gasteiger charge is 2.28. The summed E-state index contributed by atoms with van der Waals surface area (Å²) in [6.45, 7) is 9.59. The third-order valence-corrected chi connectivity index (χ3v) is 4.44. The lowest BCUT2D eigenvalue weighted by Gasteiger charge is -2.19. The number of aromatic nitrogens is 1. The van der Waals surface area contributed by atoms with Crippen molar-refractivity contribution < 1.29 is 23.5 Å². The zero-order chi connectivity index (χ0) is 20.1. The monoisotopic (exact) mass is 372 g/mol. The molecular formula is C20H24N2O5. The van der Waals surface area contributed by atoms with Crippen LogP contribution in [0.15, 0.2) is 35.5 Å². The van der Waals surface area contributed by atoms with Crippen molar-refractivity contribution in [2.24, 2.45) is 0 Å². The van der Waals surface area contributed by atoms with E-state index in [1.807, 2.05) is 6.92 Å². The number of ether oxygens (including phenoxy) is 1. The number of carbonyl (C=O) groups excluding carboxylic acids is 3. The van der Waals surface area contributed by atoms with Crippen LogP contribution >= 0.6 is 0 Å². The first-order chi connectivity index (χ1) is 12.9. The van der Waals surface area contributed by atoms with Gasteiger partial charge >= 0.3 is 5.97 Å². The van der Waals surface area contributed by atoms with Gasteiger partial charge in [-0.05, 0) is 38.5 Å². The van der Waals surface area contributed by atoms with Crippen LogP contribution in [0.4, 0.5) is 0 Å². The number of furan rings is 1. The molecule has 0 aliphatic rings. The highest BCUT2D eigenvalue weighted by Crippen LogP contribution is 2.24. The number of rotatable bonds is 8. The number of carbonyl (C=O) groups is 3. The quantitative estimate of drug-likeness (QED) is 0.404. The first kappa shape index (κ1) is 20.2. The molecule has 1 amide bonds. The van der Waals surface area contributed by atoms with Crippen LogP contribution in [-0.2, 0) is 11.3 Å². The van der Waals surface area contributed by atoms with Crippen LogP contribution in [0.2, 0.25) is 0 Å². The minimum absolute atomic E-state index is 0.151. The molecule has 0 radical (unpaired) electrons. The Morgan fingerprint density at radius 1 is 1.33 bits per heavy atom. The van der Waals surface area contributed by atoms with Crippen LogP contribution in [0, 0.1) is 13.8 Å². The predicted octanol–water partition coefficient (Wildman–Crippen LogP) is 3.02. The molecule has 7 nitrogen and oxygen atoms in total. The van der Waals surface area contributed by atoms with E-state index in [0.29, 0.717) is 29.1 Å². The molecule has 0 aliphatic heterocycles. The van der Waals surface area contributed by atoms with Gasteiger partial charge in [0.25, 0.3) is 5.91 Å². The molecule has 0 saturated heterocycles. The molecule has 0 spiro atoms. The van der Waals surface area contributed by atoms with Gasteiger partial charge in [0.05, 0.1) is 19.9 Å². The van der Waals surface area contributed by atoms with Crippen molar-refractivity contribution >= 4 is 17.7 Å². The van der Waals surface area contributed by atoms with E-state index >= 15 is 0 Å². The molecule has 2 aromatic heterocycles. The zero-order valence-corrected chi connectivity index (χ0v) is 16.1. The summed E-state index contributed by atoms with van der Waals surface area (Å²) in [5.41, 5.74) is 2.01. The fourth-order valence-electron chi connectivity index (χ4n) is 3.24. The van der Waals surface area contributed by atoms with Gasteiger partial charge < -0.3 is 18.6 Å². The van der Waals surface area contributed by atoms with Crippen LogP contribution < -0.4 is 0 Å². The third kappa shape index (κ3) is 3.86. The minimum Gasteiger partial charge on any atom is -0.464 e. The number of amides is 1. The van der Waals surface area contributed by atoms with Crippen LogP contribution in [0.25, 0.3) is 0 Å². The second kappa shape index (κ2) is 8.53. The van der Waals surface area contributed by atoms with E-state index in [0.717, 1.165) is 0 Å². The van der Waals surface area contributed by atoms with E-state index in [1.54, 1.807) is 36.6 Å². The summed E-state index contributed by atoms with van der Waals surface area (Å²) in [5, 5.41) is 0. The maximum absolute atomic E-state index is 13.0. The Kier molecular flexibility index (Phi) is 6.39. The lowest BCUT2D eigenvalue weighted by molar-refractivity contribution is 0.0587. The second-order valence-corrected chi connectivity index (χ2v) is 6.04. The fourth-order valence-corrected chi connectivity index (χ4v) is 3.24. The molecule has 7 heteroatoms. The molecule has 0 aliphatic carbocycles. The van der Waals surface area contributed by atoms with Crippen molar-refractivity contribution in [2.45, 2.75) is 27.3 Å². The lowest BCUT2D eigenvalue weighted by Crippen LogP contribution is -2.36. The predicted molar refractivity (Wildman–Crippen MR) is 100 cm³/mol. The van der Waals surface area contributed by atoms with Crippen molar-refractivity contribution in [3.05, 3.63) is 59.3 Å². The minimum atomic E-state index is -0.494. The molecule has 144 valence electrons. The average Bonchev–Trinajstić information content (AvgIpc) is 3.26. The first-order valence-corrected chi connectivity index (χ1v) is 8.62. The molecule has 0 atom stereocenters. The number of nitrogens with zero attached hydrogens (tertiary/aromatic N) is 2. The fraction of sp³-hybridized carbons (Fsp3) is 0.350. The standard InChI is InChI=1S/C20H24N2O5/c1-6-10-21(19(24)16-9-8-11-27-16)12-15(23)17-13(3)18(20(25)26-5)22(7-2)14(17)4/h6,8-9,11H,1,7,10,12H2,2-5H3. The maximum atomic E-state index is 13.0. The summed E-state index contributed by atoms with van der Waals surface area (Å²) >= 11 is 0. The van der Waals surface area contributed by atoms with Gasteiger partial charge in [-0.15, -0.1) is 6.58 Å². The summed E-state index contributed by atoms with van der Waals surface area (Å²) in [4.78, 5) is 39.1. The molecule has 27 heavy (non-hydrogen) atoms. The number of Topliss-reactive ketones (excluding diaryl/α,β-unsaturated/α-hetero) is 1. The SMILES string of the molecule is C=CCN(CC(=O)c1c(C)c(C(=O)OC)n(CC)c1C)C(=O)c1ccco1. The van der Waals surface area contributed by atoms with Crippen LogP contribution in [-0.4, -0.2) is 47.3 Å². The largest absolute Gasteiger partial charge is 0.464 e. The highest BCUT2D eigenvalue weighted by atomic mass is 16.5. The number of hydrogen-bond acceptors (Lipinski definition) is 5. The van der Waals surface area contributed by atoms with E-state index in [-0.39, 0.29) is 24.6 Å². The third-order valence-electron chi connectivity index (χ3n) is 4.44. The molecular weight excluding hydrogens is 348 g/mol. The summed E-state index contributed by atoms with van der Waals surface area (Å²) in [7, 11) is 1.31. The number of hydrogen-bond donors (Lipinski definition) is 0. The van der Waals surface area contributed by atoms with Crippen molar-refractivity contribution in [1.82, 2.24) is 9.47 Å².